The fourth-order valence-electron chi connectivity index (χ4n) is 2.48. The van der Waals surface area contributed by atoms with Crippen molar-refractivity contribution in [2.75, 3.05) is 7.11 Å². The molecule has 0 atom stereocenters. The predicted octanol–water partition coefficient (Wildman–Crippen LogP) is 4.04. The van der Waals surface area contributed by atoms with Crippen LogP contribution < -0.4 is 4.74 Å². The largest absolute Gasteiger partial charge is 0.497 e. The average Bonchev–Trinajstić information content (AvgIpc) is 2.83. The second kappa shape index (κ2) is 5.13. The van der Waals surface area contributed by atoms with Crippen molar-refractivity contribution in [1.29, 1.82) is 0 Å². The lowest BCUT2D eigenvalue weighted by molar-refractivity contribution is 0.414. The molecule has 1 aromatic carbocycles. The van der Waals surface area contributed by atoms with Gasteiger partial charge in [-0.3, -0.25) is 0 Å². The molecule has 0 spiro atoms. The third-order valence-corrected chi connectivity index (χ3v) is 3.78. The van der Waals surface area contributed by atoms with Gasteiger partial charge in [0.2, 0.25) is 0 Å². The molecule has 4 nitrogen and oxygen atoms in total. The summed E-state index contributed by atoms with van der Waals surface area (Å²) in [5.74, 6) is 0.811. The van der Waals surface area contributed by atoms with E-state index >= 15 is 0 Å². The van der Waals surface area contributed by atoms with Crippen molar-refractivity contribution in [2.24, 2.45) is 0 Å². The topological polar surface area (TPSA) is 39.9 Å². The maximum Gasteiger partial charge on any atom is 0.163 e. The zero-order valence-electron chi connectivity index (χ0n) is 13.7. The Bertz CT molecular complexity index is 828. The Morgan fingerprint density at radius 2 is 1.86 bits per heavy atom. The first-order valence-electron chi connectivity index (χ1n) is 7.41. The van der Waals surface area contributed by atoms with Crippen LogP contribution in [0.1, 0.15) is 32.2 Å². The summed E-state index contributed by atoms with van der Waals surface area (Å²) >= 11 is 0. The molecule has 0 aliphatic carbocycles. The Balaban J connectivity index is 2.24. The van der Waals surface area contributed by atoms with Gasteiger partial charge in [0, 0.05) is 22.6 Å². The Labute approximate surface area is 130 Å². The van der Waals surface area contributed by atoms with E-state index in [2.05, 4.69) is 38.0 Å². The van der Waals surface area contributed by atoms with E-state index in [-0.39, 0.29) is 5.41 Å². The molecule has 2 aromatic heterocycles. The number of aryl methyl sites for hydroxylation is 1. The van der Waals surface area contributed by atoms with Crippen LogP contribution in [0.25, 0.3) is 16.7 Å². The van der Waals surface area contributed by atoms with E-state index in [4.69, 9.17) is 9.72 Å². The van der Waals surface area contributed by atoms with Gasteiger partial charge in [-0.1, -0.05) is 26.8 Å². The highest BCUT2D eigenvalue weighted by atomic mass is 16.5. The Hall–Kier alpha value is -2.36. The van der Waals surface area contributed by atoms with Gasteiger partial charge in [-0.2, -0.15) is 5.10 Å². The van der Waals surface area contributed by atoms with Gasteiger partial charge in [0.1, 0.15) is 5.75 Å². The summed E-state index contributed by atoms with van der Waals surface area (Å²) in [7, 11) is 1.67. The molecule has 22 heavy (non-hydrogen) atoms. The van der Waals surface area contributed by atoms with E-state index in [1.807, 2.05) is 35.9 Å². The summed E-state index contributed by atoms with van der Waals surface area (Å²) in [4.78, 5) is 4.86. The summed E-state index contributed by atoms with van der Waals surface area (Å²) in [6.07, 6.45) is 0. The molecule has 3 rings (SSSR count). The van der Waals surface area contributed by atoms with Crippen LogP contribution in [0, 0.1) is 6.92 Å². The lowest BCUT2D eigenvalue weighted by Gasteiger charge is -2.17. The van der Waals surface area contributed by atoms with Crippen LogP contribution in [0.5, 0.6) is 5.75 Å². The number of hydrogen-bond acceptors (Lipinski definition) is 3. The first-order chi connectivity index (χ1) is 10.4. The Kier molecular flexibility index (Phi) is 3.39. The van der Waals surface area contributed by atoms with Crippen molar-refractivity contribution in [3.05, 3.63) is 47.8 Å². The fourth-order valence-corrected chi connectivity index (χ4v) is 2.48. The highest BCUT2D eigenvalue weighted by molar-refractivity contribution is 5.80. The number of fused-ring (bicyclic) bond motifs is 1. The van der Waals surface area contributed by atoms with Crippen molar-refractivity contribution in [3.8, 4) is 11.4 Å². The van der Waals surface area contributed by atoms with Gasteiger partial charge in [0.05, 0.1) is 18.5 Å². The van der Waals surface area contributed by atoms with Crippen LogP contribution in [0.4, 0.5) is 0 Å². The molecule has 0 saturated carbocycles. The van der Waals surface area contributed by atoms with Gasteiger partial charge < -0.3 is 4.74 Å². The van der Waals surface area contributed by atoms with Crippen LogP contribution >= 0.6 is 0 Å². The lowest BCUT2D eigenvalue weighted by atomic mass is 9.91. The summed E-state index contributed by atoms with van der Waals surface area (Å²) in [6.45, 7) is 8.51. The maximum atomic E-state index is 5.31. The molecule has 4 heteroatoms. The first-order valence-corrected chi connectivity index (χ1v) is 7.41. The van der Waals surface area contributed by atoms with Crippen molar-refractivity contribution < 1.29 is 4.74 Å². The Morgan fingerprint density at radius 1 is 1.09 bits per heavy atom. The summed E-state index contributed by atoms with van der Waals surface area (Å²) in [5.41, 5.74) is 3.88. The van der Waals surface area contributed by atoms with Gasteiger partial charge in [-0.15, -0.1) is 0 Å². The summed E-state index contributed by atoms with van der Waals surface area (Å²) in [6, 6.07) is 12.1. The van der Waals surface area contributed by atoms with Crippen molar-refractivity contribution in [2.45, 2.75) is 33.1 Å². The van der Waals surface area contributed by atoms with Gasteiger partial charge >= 0.3 is 0 Å². The molecule has 3 aromatic rings. The highest BCUT2D eigenvalue weighted by Gasteiger charge is 2.18. The number of rotatable bonds is 2. The molecule has 2 heterocycles. The zero-order valence-corrected chi connectivity index (χ0v) is 13.7. The van der Waals surface area contributed by atoms with Crippen molar-refractivity contribution in [1.82, 2.24) is 14.8 Å². The third kappa shape index (κ3) is 2.45. The average molecular weight is 295 g/mol. The van der Waals surface area contributed by atoms with E-state index in [0.717, 1.165) is 33.9 Å². The van der Waals surface area contributed by atoms with Crippen LogP contribution in [0.2, 0.25) is 0 Å². The minimum Gasteiger partial charge on any atom is -0.497 e. The van der Waals surface area contributed by atoms with Gasteiger partial charge in [0.25, 0.3) is 0 Å². The molecular weight excluding hydrogens is 274 g/mol. The molecule has 0 aliphatic rings. The molecule has 0 bridgehead atoms. The van der Waals surface area contributed by atoms with Crippen molar-refractivity contribution >= 4 is 11.0 Å². The molecule has 0 amide bonds. The van der Waals surface area contributed by atoms with E-state index < -0.39 is 0 Å². The normalized spacial score (nSPS) is 11.9. The second-order valence-corrected chi connectivity index (χ2v) is 6.52. The minimum atomic E-state index is 0.00553. The number of benzene rings is 1. The van der Waals surface area contributed by atoms with Crippen LogP contribution in [-0.2, 0) is 5.41 Å². The Morgan fingerprint density at radius 3 is 2.55 bits per heavy atom. The van der Waals surface area contributed by atoms with Gasteiger partial charge in [-0.25, -0.2) is 9.67 Å². The standard InChI is InChI=1S/C18H21N3O/c1-12-15-9-10-16(18(2,3)4)19-17(15)21(20-12)13-7-6-8-14(11-13)22-5/h6-11H,1-5H3. The van der Waals surface area contributed by atoms with Gasteiger partial charge in [-0.05, 0) is 31.2 Å². The molecule has 0 radical (unpaired) electrons. The van der Waals surface area contributed by atoms with Crippen molar-refractivity contribution in [3.63, 3.8) is 0 Å². The third-order valence-electron chi connectivity index (χ3n) is 3.78. The molecule has 114 valence electrons. The number of hydrogen-bond donors (Lipinski definition) is 0. The summed E-state index contributed by atoms with van der Waals surface area (Å²) < 4.78 is 7.20. The van der Waals surface area contributed by atoms with E-state index in [9.17, 15) is 0 Å². The lowest BCUT2D eigenvalue weighted by Crippen LogP contribution is -2.13. The summed E-state index contributed by atoms with van der Waals surface area (Å²) in [5, 5.41) is 5.74. The number of methoxy groups -OCH3 is 1. The first kappa shape index (κ1) is 14.6. The minimum absolute atomic E-state index is 0.00553. The molecule has 0 N–H and O–H groups in total. The number of aromatic nitrogens is 3. The smallest absolute Gasteiger partial charge is 0.163 e. The van der Waals surface area contributed by atoms with E-state index in [1.165, 1.54) is 0 Å². The second-order valence-electron chi connectivity index (χ2n) is 6.52. The van der Waals surface area contributed by atoms with Crippen LogP contribution in [0.15, 0.2) is 36.4 Å². The maximum absolute atomic E-state index is 5.31. The van der Waals surface area contributed by atoms with Crippen LogP contribution in [-0.4, -0.2) is 21.9 Å². The molecule has 0 unspecified atom stereocenters. The van der Waals surface area contributed by atoms with Crippen LogP contribution in [0.3, 0.4) is 0 Å². The molecule has 0 aliphatic heterocycles. The van der Waals surface area contributed by atoms with E-state index in [0.29, 0.717) is 0 Å². The van der Waals surface area contributed by atoms with E-state index in [1.54, 1.807) is 7.11 Å². The monoisotopic (exact) mass is 295 g/mol. The number of ether oxygens (including phenoxy) is 1. The molecule has 0 fully saturated rings. The quantitative estimate of drug-likeness (QED) is 0.716. The predicted molar refractivity (Wildman–Crippen MR) is 88.9 cm³/mol. The SMILES string of the molecule is COc1cccc(-n2nc(C)c3ccc(C(C)(C)C)nc32)c1. The number of pyridine rings is 1. The molecule has 0 saturated heterocycles. The fraction of sp³-hybridized carbons (Fsp3) is 0.333. The zero-order chi connectivity index (χ0) is 15.9. The highest BCUT2D eigenvalue weighted by Crippen LogP contribution is 2.26. The molecular formula is C18H21N3O. The number of nitrogens with zero attached hydrogens (tertiary/aromatic N) is 3. The van der Waals surface area contributed by atoms with Gasteiger partial charge in [0.15, 0.2) is 5.65 Å².